The molecule has 2 rings (SSSR count). The first-order valence-electron chi connectivity index (χ1n) is 7.26. The summed E-state index contributed by atoms with van der Waals surface area (Å²) in [6.45, 7) is 5.04. The molecule has 0 aliphatic rings. The number of para-hydroxylation sites is 1. The number of fused-ring (bicyclic) bond motifs is 1. The molecule has 2 aromatic rings. The Morgan fingerprint density at radius 1 is 1.11 bits per heavy atom. The molecule has 0 fully saturated rings. The molecule has 1 aromatic heterocycles. The Bertz CT molecular complexity index is 601. The molecular weight excluding hydrogens is 236 g/mol. The van der Waals surface area contributed by atoms with Crippen LogP contribution in [0.25, 0.3) is 10.9 Å². The highest BCUT2D eigenvalue weighted by molar-refractivity contribution is 5.77. The van der Waals surface area contributed by atoms with Crippen LogP contribution in [0.3, 0.4) is 0 Å². The maximum atomic E-state index is 12.5. The van der Waals surface area contributed by atoms with Gasteiger partial charge in [0.15, 0.2) is 0 Å². The lowest BCUT2D eigenvalue weighted by Gasteiger charge is -2.12. The quantitative estimate of drug-likeness (QED) is 0.743. The van der Waals surface area contributed by atoms with Gasteiger partial charge >= 0.3 is 0 Å². The smallest absolute Gasteiger partial charge is 0.261 e. The molecule has 0 bridgehead atoms. The first kappa shape index (κ1) is 13.8. The van der Waals surface area contributed by atoms with Crippen LogP contribution in [0, 0.1) is 0 Å². The van der Waals surface area contributed by atoms with E-state index < -0.39 is 0 Å². The Kier molecular flexibility index (Phi) is 4.72. The van der Waals surface area contributed by atoms with Crippen molar-refractivity contribution < 1.29 is 0 Å². The second-order valence-electron chi connectivity index (χ2n) is 4.92. The van der Waals surface area contributed by atoms with Gasteiger partial charge in [0, 0.05) is 13.0 Å². The number of nitrogens with zero attached hydrogens (tertiary/aromatic N) is 2. The highest BCUT2D eigenvalue weighted by Crippen LogP contribution is 2.09. The molecule has 1 heterocycles. The zero-order valence-corrected chi connectivity index (χ0v) is 11.9. The standard InChI is InChI=1S/C16H22N2O/c1-3-5-6-9-12-18-15(4-2)17-14-11-8-7-10-13(14)16(18)19/h7-8,10-11H,3-6,9,12H2,1-2H3. The molecule has 3 heteroatoms. The average molecular weight is 258 g/mol. The van der Waals surface area contributed by atoms with E-state index in [1.165, 1.54) is 19.3 Å². The number of benzene rings is 1. The summed E-state index contributed by atoms with van der Waals surface area (Å²) in [5, 5.41) is 0.732. The van der Waals surface area contributed by atoms with Crippen molar-refractivity contribution in [2.75, 3.05) is 0 Å². The van der Waals surface area contributed by atoms with Crippen LogP contribution in [0.1, 0.15) is 45.4 Å². The summed E-state index contributed by atoms with van der Waals surface area (Å²) in [5.74, 6) is 0.903. The average Bonchev–Trinajstić information content (AvgIpc) is 2.45. The number of aromatic nitrogens is 2. The van der Waals surface area contributed by atoms with Gasteiger partial charge in [0.25, 0.3) is 5.56 Å². The molecule has 0 N–H and O–H groups in total. The molecule has 0 spiro atoms. The van der Waals surface area contributed by atoms with E-state index in [0.29, 0.717) is 0 Å². The van der Waals surface area contributed by atoms with Crippen molar-refractivity contribution in [3.8, 4) is 0 Å². The summed E-state index contributed by atoms with van der Waals surface area (Å²) >= 11 is 0. The predicted molar refractivity (Wildman–Crippen MR) is 79.5 cm³/mol. The van der Waals surface area contributed by atoms with E-state index in [4.69, 9.17) is 0 Å². The van der Waals surface area contributed by atoms with Gasteiger partial charge < -0.3 is 0 Å². The van der Waals surface area contributed by atoms with Gasteiger partial charge in [-0.2, -0.15) is 0 Å². The number of rotatable bonds is 6. The summed E-state index contributed by atoms with van der Waals surface area (Å²) in [6, 6.07) is 7.61. The maximum Gasteiger partial charge on any atom is 0.261 e. The van der Waals surface area contributed by atoms with Gasteiger partial charge in [0.1, 0.15) is 5.82 Å². The molecule has 0 saturated carbocycles. The normalized spacial score (nSPS) is 11.1. The van der Waals surface area contributed by atoms with Crippen molar-refractivity contribution in [3.63, 3.8) is 0 Å². The summed E-state index contributed by atoms with van der Waals surface area (Å²) in [7, 11) is 0. The fourth-order valence-corrected chi connectivity index (χ4v) is 2.41. The first-order chi connectivity index (χ1) is 9.27. The highest BCUT2D eigenvalue weighted by atomic mass is 16.1. The lowest BCUT2D eigenvalue weighted by Crippen LogP contribution is -2.25. The van der Waals surface area contributed by atoms with E-state index in [1.807, 2.05) is 28.8 Å². The van der Waals surface area contributed by atoms with Crippen LogP contribution in [0.5, 0.6) is 0 Å². The van der Waals surface area contributed by atoms with Crippen molar-refractivity contribution >= 4 is 10.9 Å². The van der Waals surface area contributed by atoms with Crippen LogP contribution in [0.15, 0.2) is 29.1 Å². The fourth-order valence-electron chi connectivity index (χ4n) is 2.41. The van der Waals surface area contributed by atoms with Crippen molar-refractivity contribution in [2.24, 2.45) is 0 Å². The lowest BCUT2D eigenvalue weighted by atomic mass is 10.2. The Balaban J connectivity index is 2.35. The minimum Gasteiger partial charge on any atom is -0.296 e. The fraction of sp³-hybridized carbons (Fsp3) is 0.500. The van der Waals surface area contributed by atoms with Crippen LogP contribution >= 0.6 is 0 Å². The molecule has 19 heavy (non-hydrogen) atoms. The molecule has 0 radical (unpaired) electrons. The van der Waals surface area contributed by atoms with Crippen molar-refractivity contribution in [3.05, 3.63) is 40.4 Å². The van der Waals surface area contributed by atoms with Crippen LogP contribution in [0.2, 0.25) is 0 Å². The number of unbranched alkanes of at least 4 members (excludes halogenated alkanes) is 3. The van der Waals surface area contributed by atoms with Gasteiger partial charge in [-0.25, -0.2) is 4.98 Å². The predicted octanol–water partition coefficient (Wildman–Crippen LogP) is 3.54. The van der Waals surface area contributed by atoms with Crippen LogP contribution in [-0.4, -0.2) is 9.55 Å². The van der Waals surface area contributed by atoms with Crippen LogP contribution < -0.4 is 5.56 Å². The van der Waals surface area contributed by atoms with E-state index >= 15 is 0 Å². The molecular formula is C16H22N2O. The van der Waals surface area contributed by atoms with E-state index in [-0.39, 0.29) is 5.56 Å². The van der Waals surface area contributed by atoms with E-state index in [0.717, 1.165) is 36.1 Å². The van der Waals surface area contributed by atoms with E-state index in [1.54, 1.807) is 0 Å². The van der Waals surface area contributed by atoms with Gasteiger partial charge in [-0.3, -0.25) is 9.36 Å². The monoisotopic (exact) mass is 258 g/mol. The summed E-state index contributed by atoms with van der Waals surface area (Å²) in [5.41, 5.74) is 0.924. The number of hydrogen-bond donors (Lipinski definition) is 0. The number of hydrogen-bond acceptors (Lipinski definition) is 2. The zero-order chi connectivity index (χ0) is 13.7. The SMILES string of the molecule is CCCCCCn1c(CC)nc2ccccc2c1=O. The lowest BCUT2D eigenvalue weighted by molar-refractivity contribution is 0.548. The molecule has 1 aromatic carbocycles. The molecule has 3 nitrogen and oxygen atoms in total. The molecule has 0 atom stereocenters. The van der Waals surface area contributed by atoms with E-state index in [9.17, 15) is 4.79 Å². The van der Waals surface area contributed by atoms with Crippen molar-refractivity contribution in [1.82, 2.24) is 9.55 Å². The molecule has 102 valence electrons. The molecule has 0 aliphatic heterocycles. The van der Waals surface area contributed by atoms with Gasteiger partial charge in [-0.05, 0) is 18.6 Å². The Labute approximate surface area is 114 Å². The van der Waals surface area contributed by atoms with Gasteiger partial charge in [0.2, 0.25) is 0 Å². The first-order valence-corrected chi connectivity index (χ1v) is 7.26. The summed E-state index contributed by atoms with van der Waals surface area (Å²) in [4.78, 5) is 17.1. The van der Waals surface area contributed by atoms with Crippen molar-refractivity contribution in [2.45, 2.75) is 52.5 Å². The third-order valence-electron chi connectivity index (χ3n) is 3.49. The Morgan fingerprint density at radius 3 is 2.63 bits per heavy atom. The zero-order valence-electron chi connectivity index (χ0n) is 11.9. The maximum absolute atomic E-state index is 12.5. The number of aryl methyl sites for hydroxylation is 1. The second-order valence-corrected chi connectivity index (χ2v) is 4.92. The minimum absolute atomic E-state index is 0.110. The van der Waals surface area contributed by atoms with Gasteiger partial charge in [-0.1, -0.05) is 45.2 Å². The molecule has 0 aliphatic carbocycles. The van der Waals surface area contributed by atoms with Gasteiger partial charge in [-0.15, -0.1) is 0 Å². The van der Waals surface area contributed by atoms with Gasteiger partial charge in [0.05, 0.1) is 10.9 Å². The highest BCUT2D eigenvalue weighted by Gasteiger charge is 2.08. The third-order valence-corrected chi connectivity index (χ3v) is 3.49. The summed E-state index contributed by atoms with van der Waals surface area (Å²) in [6.07, 6.45) is 5.48. The van der Waals surface area contributed by atoms with Crippen LogP contribution in [-0.2, 0) is 13.0 Å². The Hall–Kier alpha value is -1.64. The van der Waals surface area contributed by atoms with E-state index in [2.05, 4.69) is 18.8 Å². The Morgan fingerprint density at radius 2 is 1.89 bits per heavy atom. The summed E-state index contributed by atoms with van der Waals surface area (Å²) < 4.78 is 1.86. The molecule has 0 unspecified atom stereocenters. The van der Waals surface area contributed by atoms with Crippen LogP contribution in [0.4, 0.5) is 0 Å². The second kappa shape index (κ2) is 6.50. The third kappa shape index (κ3) is 3.03. The largest absolute Gasteiger partial charge is 0.296 e. The topological polar surface area (TPSA) is 34.9 Å². The minimum atomic E-state index is 0.110. The molecule has 0 saturated heterocycles. The van der Waals surface area contributed by atoms with Crippen molar-refractivity contribution in [1.29, 1.82) is 0 Å². The molecule has 0 amide bonds.